The number of piperidine rings is 1. The van der Waals surface area contributed by atoms with Crippen molar-refractivity contribution in [2.24, 2.45) is 5.92 Å². The first-order chi connectivity index (χ1) is 8.15. The first-order valence-corrected chi connectivity index (χ1v) is 7.43. The van der Waals surface area contributed by atoms with E-state index in [0.717, 1.165) is 12.3 Å². The van der Waals surface area contributed by atoms with Crippen LogP contribution in [0, 0.1) is 5.92 Å². The first kappa shape index (κ1) is 13.1. The Morgan fingerprint density at radius 2 is 2.29 bits per heavy atom. The summed E-state index contributed by atoms with van der Waals surface area (Å²) in [4.78, 5) is 2.65. The van der Waals surface area contributed by atoms with E-state index in [4.69, 9.17) is 0 Å². The lowest BCUT2D eigenvalue weighted by molar-refractivity contribution is 0.138. The minimum absolute atomic E-state index is 0.659. The molecule has 1 fully saturated rings. The standard InChI is InChI=1S/C15H22BrN/c1-12-5-4-8-17(11-12)13(2)9-14-6-3-7-15(16)10-14/h3,6-7,10,12-13H,4-5,8-9,11H2,1-2H3. The van der Waals surface area contributed by atoms with E-state index in [1.807, 2.05) is 0 Å². The van der Waals surface area contributed by atoms with Crippen LogP contribution in [-0.2, 0) is 6.42 Å². The van der Waals surface area contributed by atoms with Gasteiger partial charge < -0.3 is 4.90 Å². The quantitative estimate of drug-likeness (QED) is 0.811. The number of nitrogens with zero attached hydrogens (tertiary/aromatic N) is 1. The minimum Gasteiger partial charge on any atom is -0.300 e. The lowest BCUT2D eigenvalue weighted by atomic mass is 9.97. The van der Waals surface area contributed by atoms with E-state index in [1.165, 1.54) is 36.0 Å². The molecule has 0 aliphatic carbocycles. The highest BCUT2D eigenvalue weighted by Crippen LogP contribution is 2.20. The monoisotopic (exact) mass is 295 g/mol. The molecule has 2 heteroatoms. The predicted molar refractivity (Wildman–Crippen MR) is 77.3 cm³/mol. The summed E-state index contributed by atoms with van der Waals surface area (Å²) in [5.74, 6) is 0.869. The summed E-state index contributed by atoms with van der Waals surface area (Å²) in [6.07, 6.45) is 3.93. The molecule has 0 spiro atoms. The van der Waals surface area contributed by atoms with Crippen LogP contribution < -0.4 is 0 Å². The second-order valence-corrected chi connectivity index (χ2v) is 6.34. The number of benzene rings is 1. The maximum atomic E-state index is 3.54. The van der Waals surface area contributed by atoms with Gasteiger partial charge in [0.1, 0.15) is 0 Å². The molecule has 17 heavy (non-hydrogen) atoms. The smallest absolute Gasteiger partial charge is 0.0178 e. The summed E-state index contributed by atoms with van der Waals surface area (Å²) in [5, 5.41) is 0. The van der Waals surface area contributed by atoms with Gasteiger partial charge in [0.2, 0.25) is 0 Å². The fourth-order valence-corrected chi connectivity index (χ4v) is 3.21. The minimum atomic E-state index is 0.659. The van der Waals surface area contributed by atoms with E-state index in [9.17, 15) is 0 Å². The normalized spacial score (nSPS) is 23.6. The van der Waals surface area contributed by atoms with Gasteiger partial charge in [-0.05, 0) is 56.3 Å². The van der Waals surface area contributed by atoms with Crippen molar-refractivity contribution < 1.29 is 0 Å². The summed E-state index contributed by atoms with van der Waals surface area (Å²) >= 11 is 3.54. The zero-order valence-corrected chi connectivity index (χ0v) is 12.4. The van der Waals surface area contributed by atoms with E-state index in [1.54, 1.807) is 0 Å². The number of hydrogen-bond donors (Lipinski definition) is 0. The molecule has 2 rings (SSSR count). The van der Waals surface area contributed by atoms with Crippen molar-refractivity contribution >= 4 is 15.9 Å². The van der Waals surface area contributed by atoms with Crippen LogP contribution in [0.3, 0.4) is 0 Å². The van der Waals surface area contributed by atoms with Crippen molar-refractivity contribution in [3.8, 4) is 0 Å². The maximum absolute atomic E-state index is 3.54. The van der Waals surface area contributed by atoms with Gasteiger partial charge in [0.05, 0.1) is 0 Å². The molecule has 1 saturated heterocycles. The SMILES string of the molecule is CC1CCCN(C(C)Cc2cccc(Br)c2)C1. The summed E-state index contributed by atoms with van der Waals surface area (Å²) in [5.41, 5.74) is 1.44. The van der Waals surface area contributed by atoms with E-state index in [0.29, 0.717) is 6.04 Å². The van der Waals surface area contributed by atoms with Crippen molar-refractivity contribution in [2.45, 2.75) is 39.2 Å². The van der Waals surface area contributed by atoms with Crippen molar-refractivity contribution in [3.63, 3.8) is 0 Å². The zero-order valence-electron chi connectivity index (χ0n) is 10.8. The van der Waals surface area contributed by atoms with Crippen molar-refractivity contribution in [2.75, 3.05) is 13.1 Å². The predicted octanol–water partition coefficient (Wildman–Crippen LogP) is 4.11. The highest BCUT2D eigenvalue weighted by Gasteiger charge is 2.20. The topological polar surface area (TPSA) is 3.24 Å². The molecule has 0 radical (unpaired) electrons. The van der Waals surface area contributed by atoms with Crippen molar-refractivity contribution in [1.82, 2.24) is 4.90 Å². The average molecular weight is 296 g/mol. The lowest BCUT2D eigenvalue weighted by Gasteiger charge is -2.35. The number of halogens is 1. The van der Waals surface area contributed by atoms with Gasteiger partial charge in [-0.3, -0.25) is 0 Å². The Bertz CT molecular complexity index is 364. The van der Waals surface area contributed by atoms with Gasteiger partial charge in [0.15, 0.2) is 0 Å². The molecule has 1 aliphatic rings. The molecule has 0 aromatic heterocycles. The third-order valence-electron chi connectivity index (χ3n) is 3.73. The summed E-state index contributed by atoms with van der Waals surface area (Å²) in [7, 11) is 0. The second-order valence-electron chi connectivity index (χ2n) is 5.43. The molecule has 94 valence electrons. The summed E-state index contributed by atoms with van der Waals surface area (Å²) in [6.45, 7) is 7.28. The van der Waals surface area contributed by atoms with Crippen LogP contribution in [-0.4, -0.2) is 24.0 Å². The molecule has 0 N–H and O–H groups in total. The van der Waals surface area contributed by atoms with Crippen LogP contribution in [0.25, 0.3) is 0 Å². The van der Waals surface area contributed by atoms with Crippen LogP contribution in [0.2, 0.25) is 0 Å². The van der Waals surface area contributed by atoms with E-state index >= 15 is 0 Å². The fourth-order valence-electron chi connectivity index (χ4n) is 2.76. The van der Waals surface area contributed by atoms with Gasteiger partial charge in [-0.25, -0.2) is 0 Å². The molecule has 0 saturated carbocycles. The van der Waals surface area contributed by atoms with Gasteiger partial charge in [-0.2, -0.15) is 0 Å². The molecular formula is C15H22BrN. The van der Waals surface area contributed by atoms with Crippen LogP contribution in [0.4, 0.5) is 0 Å². The van der Waals surface area contributed by atoms with Gasteiger partial charge in [0.25, 0.3) is 0 Å². The highest BCUT2D eigenvalue weighted by molar-refractivity contribution is 9.10. The molecule has 1 aromatic carbocycles. The molecule has 1 aliphatic heterocycles. The molecular weight excluding hydrogens is 274 g/mol. The molecule has 2 unspecified atom stereocenters. The first-order valence-electron chi connectivity index (χ1n) is 6.63. The van der Waals surface area contributed by atoms with Gasteiger partial charge in [-0.15, -0.1) is 0 Å². The number of hydrogen-bond acceptors (Lipinski definition) is 1. The Labute approximate surface area is 113 Å². The van der Waals surface area contributed by atoms with Gasteiger partial charge in [-0.1, -0.05) is 35.0 Å². The molecule has 1 nitrogen and oxygen atoms in total. The second kappa shape index (κ2) is 6.01. The number of likely N-dealkylation sites (tertiary alicyclic amines) is 1. The van der Waals surface area contributed by atoms with Crippen LogP contribution >= 0.6 is 15.9 Å². The van der Waals surface area contributed by atoms with E-state index in [2.05, 4.69) is 58.9 Å². The summed E-state index contributed by atoms with van der Waals surface area (Å²) in [6, 6.07) is 9.35. The van der Waals surface area contributed by atoms with Crippen LogP contribution in [0.15, 0.2) is 28.7 Å². The van der Waals surface area contributed by atoms with Crippen molar-refractivity contribution in [1.29, 1.82) is 0 Å². The zero-order chi connectivity index (χ0) is 12.3. The van der Waals surface area contributed by atoms with Crippen LogP contribution in [0.5, 0.6) is 0 Å². The molecule has 0 bridgehead atoms. The van der Waals surface area contributed by atoms with E-state index in [-0.39, 0.29) is 0 Å². The van der Waals surface area contributed by atoms with E-state index < -0.39 is 0 Å². The average Bonchev–Trinajstić information content (AvgIpc) is 2.29. The van der Waals surface area contributed by atoms with Gasteiger partial charge in [0, 0.05) is 17.1 Å². The molecule has 0 amide bonds. The third kappa shape index (κ3) is 3.82. The van der Waals surface area contributed by atoms with Gasteiger partial charge >= 0.3 is 0 Å². The summed E-state index contributed by atoms with van der Waals surface area (Å²) < 4.78 is 1.19. The lowest BCUT2D eigenvalue weighted by Crippen LogP contribution is -2.41. The third-order valence-corrected chi connectivity index (χ3v) is 4.23. The number of rotatable bonds is 3. The van der Waals surface area contributed by atoms with Crippen molar-refractivity contribution in [3.05, 3.63) is 34.3 Å². The highest BCUT2D eigenvalue weighted by atomic mass is 79.9. The molecule has 2 atom stereocenters. The fraction of sp³-hybridized carbons (Fsp3) is 0.600. The van der Waals surface area contributed by atoms with Crippen LogP contribution in [0.1, 0.15) is 32.3 Å². The maximum Gasteiger partial charge on any atom is 0.0178 e. The molecule has 1 aromatic rings. The Kier molecular flexibility index (Phi) is 4.63. The largest absolute Gasteiger partial charge is 0.300 e. The Morgan fingerprint density at radius 3 is 3.00 bits per heavy atom. The Morgan fingerprint density at radius 1 is 1.47 bits per heavy atom. The Hall–Kier alpha value is -0.340. The Balaban J connectivity index is 1.94. The molecule has 1 heterocycles.